The summed E-state index contributed by atoms with van der Waals surface area (Å²) in [5.41, 5.74) is 2.10. The van der Waals surface area contributed by atoms with Crippen molar-refractivity contribution in [3.05, 3.63) is 89.2 Å². The van der Waals surface area contributed by atoms with Crippen molar-refractivity contribution in [2.45, 2.75) is 19.8 Å². The van der Waals surface area contributed by atoms with E-state index >= 15 is 0 Å². The largest absolute Gasteiger partial charge is 0.445 e. The Bertz CT molecular complexity index is 1110. The number of amides is 2. The van der Waals surface area contributed by atoms with Gasteiger partial charge in [0.2, 0.25) is 0 Å². The van der Waals surface area contributed by atoms with Crippen molar-refractivity contribution in [1.82, 2.24) is 24.8 Å². The second kappa shape index (κ2) is 13.4. The molecule has 1 aromatic carbocycles. The van der Waals surface area contributed by atoms with E-state index in [2.05, 4.69) is 32.7 Å². The summed E-state index contributed by atoms with van der Waals surface area (Å²) in [5.74, 6) is -0.116. The first-order chi connectivity index (χ1) is 17.0. The number of hydrogen-bond donors (Lipinski definition) is 0. The van der Waals surface area contributed by atoms with Gasteiger partial charge in [-0.15, -0.1) is 6.58 Å². The van der Waals surface area contributed by atoms with Gasteiger partial charge in [-0.3, -0.25) is 4.79 Å². The van der Waals surface area contributed by atoms with Crippen LogP contribution in [0.3, 0.4) is 0 Å². The fourth-order valence-corrected chi connectivity index (χ4v) is 4.00. The minimum Gasteiger partial charge on any atom is -0.445 e. The lowest BCUT2D eigenvalue weighted by Gasteiger charge is -2.23. The van der Waals surface area contributed by atoms with Crippen LogP contribution in [-0.4, -0.2) is 69.6 Å². The van der Waals surface area contributed by atoms with Gasteiger partial charge in [0.1, 0.15) is 6.61 Å². The van der Waals surface area contributed by atoms with E-state index in [4.69, 9.17) is 4.74 Å². The molecule has 35 heavy (non-hydrogen) atoms. The summed E-state index contributed by atoms with van der Waals surface area (Å²) in [5, 5.41) is 8.32. The van der Waals surface area contributed by atoms with E-state index < -0.39 is 0 Å². The third-order valence-corrected chi connectivity index (χ3v) is 5.79. The Hall–Kier alpha value is -3.46. The van der Waals surface area contributed by atoms with Crippen LogP contribution >= 0.6 is 15.9 Å². The number of nitrogens with zero attached hydrogens (tertiary/aromatic N) is 5. The molecule has 1 aliphatic carbocycles. The zero-order chi connectivity index (χ0) is 25.0. The van der Waals surface area contributed by atoms with Crippen LogP contribution in [0.4, 0.5) is 4.79 Å². The van der Waals surface area contributed by atoms with E-state index in [1.165, 1.54) is 4.80 Å². The molecule has 4 rings (SSSR count). The molecule has 0 saturated carbocycles. The number of hydrogen-bond acceptors (Lipinski definition) is 5. The monoisotopic (exact) mass is 539 g/mol. The molecule has 0 unspecified atom stereocenters. The first-order valence-corrected chi connectivity index (χ1v) is 12.3. The van der Waals surface area contributed by atoms with Gasteiger partial charge in [0.25, 0.3) is 5.91 Å². The molecule has 1 saturated heterocycles. The summed E-state index contributed by atoms with van der Waals surface area (Å²) in [7, 11) is 0. The molecule has 0 spiro atoms. The lowest BCUT2D eigenvalue weighted by Crippen LogP contribution is -2.38. The summed E-state index contributed by atoms with van der Waals surface area (Å²) in [6, 6.07) is 5.44. The topological polar surface area (TPSA) is 80.6 Å². The maximum atomic E-state index is 13.3. The average Bonchev–Trinajstić information content (AvgIpc) is 3.11. The highest BCUT2D eigenvalue weighted by Gasteiger charge is 2.26. The summed E-state index contributed by atoms with van der Waals surface area (Å²) in [6.07, 6.45) is 16.0. The van der Waals surface area contributed by atoms with Gasteiger partial charge in [-0.2, -0.15) is 15.0 Å². The number of ether oxygens (including phenoxy) is 1. The van der Waals surface area contributed by atoms with Crippen molar-refractivity contribution in [2.75, 3.05) is 32.8 Å². The Balaban J connectivity index is 0.00000108. The van der Waals surface area contributed by atoms with E-state index in [-0.39, 0.29) is 18.6 Å². The van der Waals surface area contributed by atoms with E-state index in [0.29, 0.717) is 43.9 Å². The Morgan fingerprint density at radius 1 is 1.11 bits per heavy atom. The fourth-order valence-electron chi connectivity index (χ4n) is 3.63. The summed E-state index contributed by atoms with van der Waals surface area (Å²) >= 11 is 3.45. The second-order valence-corrected chi connectivity index (χ2v) is 8.79. The van der Waals surface area contributed by atoms with Gasteiger partial charge in [-0.25, -0.2) is 4.79 Å². The quantitative estimate of drug-likeness (QED) is 0.513. The molecule has 0 atom stereocenters. The predicted octanol–water partition coefficient (Wildman–Crippen LogP) is 4.95. The maximum Gasteiger partial charge on any atom is 0.410 e. The number of halogens is 1. The molecule has 2 amide bonds. The van der Waals surface area contributed by atoms with Crippen LogP contribution < -0.4 is 0 Å². The van der Waals surface area contributed by atoms with Crippen molar-refractivity contribution in [3.8, 4) is 5.69 Å². The van der Waals surface area contributed by atoms with Crippen LogP contribution in [0.25, 0.3) is 5.69 Å². The standard InChI is InChI=1S/C23H24BrN5O3.C3H6/c24-19-8-9-21(29-25-10-11-26-29)20(16-19)22(30)27-12-5-13-28(15-14-27)23(31)32-17-18-6-3-1-2-4-7-18;1-3-2/h1-3,6-11,16H,4-5,12-15,17H2;3H,1H2,2H3. The Morgan fingerprint density at radius 2 is 1.83 bits per heavy atom. The smallest absolute Gasteiger partial charge is 0.410 e. The third-order valence-electron chi connectivity index (χ3n) is 5.30. The Morgan fingerprint density at radius 3 is 2.60 bits per heavy atom. The molecular formula is C26H30BrN5O3. The molecular weight excluding hydrogens is 510 g/mol. The molecule has 2 heterocycles. The lowest BCUT2D eigenvalue weighted by atomic mass is 10.1. The highest BCUT2D eigenvalue weighted by atomic mass is 79.9. The van der Waals surface area contributed by atoms with Gasteiger partial charge in [0.05, 0.1) is 23.6 Å². The second-order valence-electron chi connectivity index (χ2n) is 7.88. The molecule has 0 radical (unpaired) electrons. The number of carbonyl (C=O) groups is 2. The molecule has 1 aromatic heterocycles. The van der Waals surface area contributed by atoms with Crippen molar-refractivity contribution in [3.63, 3.8) is 0 Å². The van der Waals surface area contributed by atoms with Crippen molar-refractivity contribution in [2.24, 2.45) is 0 Å². The van der Waals surface area contributed by atoms with E-state index in [0.717, 1.165) is 16.5 Å². The van der Waals surface area contributed by atoms with Crippen LogP contribution in [0, 0.1) is 0 Å². The van der Waals surface area contributed by atoms with Gasteiger partial charge in [0, 0.05) is 30.7 Å². The minimum absolute atomic E-state index is 0.116. The summed E-state index contributed by atoms with van der Waals surface area (Å²) in [6.45, 7) is 7.45. The van der Waals surface area contributed by atoms with Crippen molar-refractivity contribution in [1.29, 1.82) is 0 Å². The number of aromatic nitrogens is 3. The maximum absolute atomic E-state index is 13.3. The van der Waals surface area contributed by atoms with Crippen LogP contribution in [0.1, 0.15) is 30.1 Å². The Labute approximate surface area is 214 Å². The normalized spacial score (nSPS) is 15.3. The van der Waals surface area contributed by atoms with Crippen LogP contribution in [-0.2, 0) is 4.74 Å². The number of allylic oxidation sites excluding steroid dienone is 5. The van der Waals surface area contributed by atoms with E-state index in [1.54, 1.807) is 34.3 Å². The molecule has 1 fully saturated rings. The van der Waals surface area contributed by atoms with Gasteiger partial charge >= 0.3 is 6.09 Å². The summed E-state index contributed by atoms with van der Waals surface area (Å²) < 4.78 is 6.31. The predicted molar refractivity (Wildman–Crippen MR) is 139 cm³/mol. The van der Waals surface area contributed by atoms with Gasteiger partial charge in [0.15, 0.2) is 0 Å². The number of benzene rings is 1. The molecule has 2 aliphatic rings. The zero-order valence-electron chi connectivity index (χ0n) is 19.8. The number of rotatable bonds is 4. The first kappa shape index (κ1) is 26.2. The van der Waals surface area contributed by atoms with Crippen LogP contribution in [0.15, 0.2) is 83.7 Å². The molecule has 2 aromatic rings. The zero-order valence-corrected chi connectivity index (χ0v) is 21.4. The molecule has 184 valence electrons. The minimum atomic E-state index is -0.352. The molecule has 9 heteroatoms. The lowest BCUT2D eigenvalue weighted by molar-refractivity contribution is 0.0754. The molecule has 0 bridgehead atoms. The molecule has 0 N–H and O–H groups in total. The van der Waals surface area contributed by atoms with Crippen molar-refractivity contribution < 1.29 is 14.3 Å². The van der Waals surface area contributed by atoms with E-state index in [9.17, 15) is 9.59 Å². The van der Waals surface area contributed by atoms with Gasteiger partial charge in [-0.05, 0) is 43.5 Å². The molecule has 8 nitrogen and oxygen atoms in total. The Kier molecular flexibility index (Phi) is 10.0. The molecule has 1 aliphatic heterocycles. The van der Waals surface area contributed by atoms with Crippen LogP contribution in [0.2, 0.25) is 0 Å². The first-order valence-electron chi connectivity index (χ1n) is 11.5. The van der Waals surface area contributed by atoms with Gasteiger partial charge < -0.3 is 14.5 Å². The van der Waals surface area contributed by atoms with Gasteiger partial charge in [-0.1, -0.05) is 52.4 Å². The SMILES string of the molecule is C=CC.O=C(OCC1=CCC=CC=C1)N1CCCN(C(=O)c2cc(Br)ccc2-n2nccn2)CC1. The third kappa shape index (κ3) is 7.51. The highest BCUT2D eigenvalue weighted by molar-refractivity contribution is 9.10. The number of carbonyl (C=O) groups excluding carboxylic acids is 2. The fraction of sp³-hybridized carbons (Fsp3) is 0.308. The highest BCUT2D eigenvalue weighted by Crippen LogP contribution is 2.22. The summed E-state index contributed by atoms with van der Waals surface area (Å²) in [4.78, 5) is 30.8. The average molecular weight is 540 g/mol. The van der Waals surface area contributed by atoms with Crippen LogP contribution in [0.5, 0.6) is 0 Å². The van der Waals surface area contributed by atoms with Crippen molar-refractivity contribution >= 4 is 27.9 Å². The van der Waals surface area contributed by atoms with E-state index in [1.807, 2.05) is 49.4 Å².